The number of hydrogen-bond donors (Lipinski definition) is 2. The molecule has 1 aliphatic rings. The molecule has 0 unspecified atom stereocenters. The average molecular weight is 234 g/mol. The monoisotopic (exact) mass is 234 g/mol. The molecule has 0 aromatic heterocycles. The summed E-state index contributed by atoms with van der Waals surface area (Å²) in [4.78, 5) is 14.2. The maximum atomic E-state index is 12.4. The van der Waals surface area contributed by atoms with E-state index in [0.29, 0.717) is 0 Å². The molecule has 1 aliphatic heterocycles. The standard InChI is InChI=1S/C13H18N2O2/c1-9-7-11(16)8-10(2)12(9)13(17)15-5-3-14-4-6-15/h7-8,14,16H,3-6H2,1-2H3. The first-order valence-electron chi connectivity index (χ1n) is 5.90. The van der Waals surface area contributed by atoms with Gasteiger partial charge >= 0.3 is 0 Å². The summed E-state index contributed by atoms with van der Waals surface area (Å²) in [7, 11) is 0. The van der Waals surface area contributed by atoms with Gasteiger partial charge in [0.1, 0.15) is 5.75 Å². The Morgan fingerprint density at radius 2 is 1.76 bits per heavy atom. The highest BCUT2D eigenvalue weighted by molar-refractivity contribution is 5.97. The molecule has 2 N–H and O–H groups in total. The van der Waals surface area contributed by atoms with E-state index in [4.69, 9.17) is 0 Å². The van der Waals surface area contributed by atoms with E-state index in [0.717, 1.165) is 42.9 Å². The molecule has 17 heavy (non-hydrogen) atoms. The van der Waals surface area contributed by atoms with Gasteiger partial charge in [-0.2, -0.15) is 0 Å². The Hall–Kier alpha value is -1.55. The van der Waals surface area contributed by atoms with Crippen molar-refractivity contribution < 1.29 is 9.90 Å². The Balaban J connectivity index is 2.30. The van der Waals surface area contributed by atoms with Gasteiger partial charge in [0, 0.05) is 31.7 Å². The summed E-state index contributed by atoms with van der Waals surface area (Å²) in [6.07, 6.45) is 0. The van der Waals surface area contributed by atoms with E-state index in [2.05, 4.69) is 5.32 Å². The van der Waals surface area contributed by atoms with Crippen LogP contribution in [0.1, 0.15) is 21.5 Å². The van der Waals surface area contributed by atoms with E-state index in [9.17, 15) is 9.90 Å². The molecule has 2 rings (SSSR count). The number of phenols is 1. The summed E-state index contributed by atoms with van der Waals surface area (Å²) >= 11 is 0. The SMILES string of the molecule is Cc1cc(O)cc(C)c1C(=O)N1CCNCC1. The highest BCUT2D eigenvalue weighted by atomic mass is 16.3. The number of aryl methyl sites for hydroxylation is 2. The lowest BCUT2D eigenvalue weighted by atomic mass is 10.0. The third-order valence-electron chi connectivity index (χ3n) is 3.14. The van der Waals surface area contributed by atoms with Crippen LogP contribution < -0.4 is 5.32 Å². The van der Waals surface area contributed by atoms with Gasteiger partial charge in [-0.15, -0.1) is 0 Å². The fourth-order valence-electron chi connectivity index (χ4n) is 2.30. The van der Waals surface area contributed by atoms with Gasteiger partial charge in [0.2, 0.25) is 0 Å². The Labute approximate surface area is 101 Å². The Bertz CT molecular complexity index is 414. The highest BCUT2D eigenvalue weighted by Gasteiger charge is 2.21. The number of piperazine rings is 1. The molecule has 0 atom stereocenters. The number of hydrogen-bond acceptors (Lipinski definition) is 3. The quantitative estimate of drug-likeness (QED) is 0.764. The minimum absolute atomic E-state index is 0.0708. The summed E-state index contributed by atoms with van der Waals surface area (Å²) in [5.74, 6) is 0.290. The molecule has 0 aliphatic carbocycles. The molecule has 0 bridgehead atoms. The van der Waals surface area contributed by atoms with Crippen LogP contribution in [0.3, 0.4) is 0 Å². The maximum Gasteiger partial charge on any atom is 0.254 e. The van der Waals surface area contributed by atoms with Crippen LogP contribution in [0.15, 0.2) is 12.1 Å². The third-order valence-corrected chi connectivity index (χ3v) is 3.14. The number of rotatable bonds is 1. The van der Waals surface area contributed by atoms with Crippen LogP contribution in [0.4, 0.5) is 0 Å². The second kappa shape index (κ2) is 4.75. The van der Waals surface area contributed by atoms with Crippen LogP contribution in [0.5, 0.6) is 5.75 Å². The first-order chi connectivity index (χ1) is 8.09. The maximum absolute atomic E-state index is 12.4. The van der Waals surface area contributed by atoms with Gasteiger partial charge in [-0.05, 0) is 37.1 Å². The Morgan fingerprint density at radius 1 is 1.24 bits per heavy atom. The molecule has 0 spiro atoms. The van der Waals surface area contributed by atoms with Gasteiger partial charge in [0.05, 0.1) is 0 Å². The zero-order chi connectivity index (χ0) is 12.4. The van der Waals surface area contributed by atoms with Gasteiger partial charge in [-0.25, -0.2) is 0 Å². The molecule has 1 amide bonds. The van der Waals surface area contributed by atoms with Crippen molar-refractivity contribution in [2.75, 3.05) is 26.2 Å². The van der Waals surface area contributed by atoms with Gasteiger partial charge < -0.3 is 15.3 Å². The van der Waals surface area contributed by atoms with Crippen molar-refractivity contribution in [3.05, 3.63) is 28.8 Å². The summed E-state index contributed by atoms with van der Waals surface area (Å²) in [5.41, 5.74) is 2.40. The van der Waals surface area contributed by atoms with Crippen molar-refractivity contribution in [2.45, 2.75) is 13.8 Å². The van der Waals surface area contributed by atoms with E-state index < -0.39 is 0 Å². The first-order valence-corrected chi connectivity index (χ1v) is 5.90. The fourth-order valence-corrected chi connectivity index (χ4v) is 2.30. The predicted molar refractivity (Wildman–Crippen MR) is 66.4 cm³/mol. The molecular weight excluding hydrogens is 216 g/mol. The average Bonchev–Trinajstić information content (AvgIpc) is 2.28. The molecule has 1 fully saturated rings. The van der Waals surface area contributed by atoms with Crippen LogP contribution in [-0.2, 0) is 0 Å². The smallest absolute Gasteiger partial charge is 0.254 e. The molecule has 0 radical (unpaired) electrons. The molecule has 92 valence electrons. The summed E-state index contributed by atoms with van der Waals surface area (Å²) in [6.45, 7) is 6.92. The van der Waals surface area contributed by atoms with E-state index in [1.807, 2.05) is 18.7 Å². The van der Waals surface area contributed by atoms with E-state index >= 15 is 0 Å². The number of carbonyl (C=O) groups excluding carboxylic acids is 1. The number of amides is 1. The molecule has 1 aromatic carbocycles. The molecular formula is C13H18N2O2. The number of nitrogens with zero attached hydrogens (tertiary/aromatic N) is 1. The van der Waals surface area contributed by atoms with Crippen LogP contribution in [-0.4, -0.2) is 42.1 Å². The summed E-state index contributed by atoms with van der Waals surface area (Å²) < 4.78 is 0. The predicted octanol–water partition coefficient (Wildman–Crippen LogP) is 1.05. The van der Waals surface area contributed by atoms with Crippen molar-refractivity contribution in [1.29, 1.82) is 0 Å². The fraction of sp³-hybridized carbons (Fsp3) is 0.462. The van der Waals surface area contributed by atoms with Gasteiger partial charge in [0.15, 0.2) is 0 Å². The van der Waals surface area contributed by atoms with Crippen molar-refractivity contribution in [3.8, 4) is 5.75 Å². The van der Waals surface area contributed by atoms with Crippen molar-refractivity contribution in [3.63, 3.8) is 0 Å². The van der Waals surface area contributed by atoms with Gasteiger partial charge in [-0.3, -0.25) is 4.79 Å². The molecule has 1 heterocycles. The van der Waals surface area contributed by atoms with E-state index in [1.165, 1.54) is 0 Å². The Morgan fingerprint density at radius 3 is 2.29 bits per heavy atom. The zero-order valence-electron chi connectivity index (χ0n) is 10.3. The number of aromatic hydroxyl groups is 1. The summed E-state index contributed by atoms with van der Waals surface area (Å²) in [5, 5.41) is 12.7. The normalized spacial score (nSPS) is 16.0. The van der Waals surface area contributed by atoms with Crippen LogP contribution >= 0.6 is 0 Å². The molecule has 4 nitrogen and oxygen atoms in total. The van der Waals surface area contributed by atoms with Crippen LogP contribution in [0, 0.1) is 13.8 Å². The van der Waals surface area contributed by atoms with Crippen LogP contribution in [0.2, 0.25) is 0 Å². The van der Waals surface area contributed by atoms with Gasteiger partial charge in [-0.1, -0.05) is 0 Å². The molecule has 4 heteroatoms. The van der Waals surface area contributed by atoms with E-state index in [1.54, 1.807) is 12.1 Å². The second-order valence-electron chi connectivity index (χ2n) is 4.50. The van der Waals surface area contributed by atoms with E-state index in [-0.39, 0.29) is 11.7 Å². The lowest BCUT2D eigenvalue weighted by Crippen LogP contribution is -2.46. The minimum atomic E-state index is 0.0708. The van der Waals surface area contributed by atoms with Crippen LogP contribution in [0.25, 0.3) is 0 Å². The van der Waals surface area contributed by atoms with Crippen molar-refractivity contribution >= 4 is 5.91 Å². The van der Waals surface area contributed by atoms with Crippen molar-refractivity contribution in [1.82, 2.24) is 10.2 Å². The lowest BCUT2D eigenvalue weighted by Gasteiger charge is -2.28. The summed E-state index contributed by atoms with van der Waals surface area (Å²) in [6, 6.07) is 3.28. The highest BCUT2D eigenvalue weighted by Crippen LogP contribution is 2.22. The molecule has 1 aromatic rings. The number of carbonyl (C=O) groups is 1. The number of phenolic OH excluding ortho intramolecular Hbond substituents is 1. The second-order valence-corrected chi connectivity index (χ2v) is 4.50. The first kappa shape index (κ1) is 11.9. The minimum Gasteiger partial charge on any atom is -0.508 e. The Kier molecular flexibility index (Phi) is 3.33. The topological polar surface area (TPSA) is 52.6 Å². The number of nitrogens with one attached hydrogen (secondary N) is 1. The number of benzene rings is 1. The lowest BCUT2D eigenvalue weighted by molar-refractivity contribution is 0.0734. The van der Waals surface area contributed by atoms with Gasteiger partial charge in [0.25, 0.3) is 5.91 Å². The largest absolute Gasteiger partial charge is 0.508 e. The zero-order valence-corrected chi connectivity index (χ0v) is 10.3. The molecule has 0 saturated carbocycles. The molecule has 1 saturated heterocycles. The van der Waals surface area contributed by atoms with Crippen molar-refractivity contribution in [2.24, 2.45) is 0 Å². The third kappa shape index (κ3) is 2.42.